The summed E-state index contributed by atoms with van der Waals surface area (Å²) in [5, 5.41) is 15.0. The number of ketones is 1. The summed E-state index contributed by atoms with van der Waals surface area (Å²) in [5.74, 6) is 0.939. The first kappa shape index (κ1) is 21.8. The van der Waals surface area contributed by atoms with Crippen LogP contribution in [0.25, 0.3) is 6.08 Å². The molecule has 0 aliphatic heterocycles. The molecule has 0 aliphatic rings. The van der Waals surface area contributed by atoms with Crippen molar-refractivity contribution in [1.29, 1.82) is 0 Å². The lowest BCUT2D eigenvalue weighted by molar-refractivity contribution is -0.384. The third-order valence-corrected chi connectivity index (χ3v) is 4.91. The third kappa shape index (κ3) is 4.98. The number of aromatic nitrogens is 2. The fourth-order valence-corrected chi connectivity index (χ4v) is 3.17. The van der Waals surface area contributed by atoms with Crippen LogP contribution in [0.15, 0.2) is 48.5 Å². The fraction of sp³-hybridized carbons (Fsp3) is 0.217. The van der Waals surface area contributed by atoms with Crippen LogP contribution in [0.4, 0.5) is 5.69 Å². The Kier molecular flexibility index (Phi) is 6.49. The number of benzene rings is 2. The van der Waals surface area contributed by atoms with E-state index in [1.165, 1.54) is 25.3 Å². The van der Waals surface area contributed by atoms with Gasteiger partial charge in [-0.05, 0) is 55.3 Å². The lowest BCUT2D eigenvalue weighted by Crippen LogP contribution is -2.00. The molecule has 0 aliphatic carbocycles. The molecule has 1 heterocycles. The van der Waals surface area contributed by atoms with Crippen molar-refractivity contribution in [3.8, 4) is 11.5 Å². The number of nitro benzene ring substituents is 1. The quantitative estimate of drug-likeness (QED) is 0.231. The lowest BCUT2D eigenvalue weighted by atomic mass is 10.1. The Morgan fingerprint density at radius 3 is 2.45 bits per heavy atom. The highest BCUT2D eigenvalue weighted by molar-refractivity contribution is 6.08. The maximum atomic E-state index is 12.6. The van der Waals surface area contributed by atoms with E-state index in [1.807, 2.05) is 27.0 Å². The van der Waals surface area contributed by atoms with E-state index in [0.717, 1.165) is 16.8 Å². The summed E-state index contributed by atoms with van der Waals surface area (Å²) in [4.78, 5) is 22.9. The minimum absolute atomic E-state index is 0.0312. The standard InChI is InChI=1S/C23H23N3O5/c1-15-23(16(2)25(3)24-15)20(27)11-7-17-8-12-21(22(13-17)30-4)31-14-18-5-9-19(10-6-18)26(28)29/h5-13H,14H2,1-4H3/b11-7+. The van der Waals surface area contributed by atoms with Crippen molar-refractivity contribution < 1.29 is 19.2 Å². The molecule has 0 bridgehead atoms. The molecule has 2 aromatic carbocycles. The first-order chi connectivity index (χ1) is 14.8. The van der Waals surface area contributed by atoms with Crippen LogP contribution in [0.5, 0.6) is 11.5 Å². The molecule has 0 radical (unpaired) electrons. The van der Waals surface area contributed by atoms with Crippen molar-refractivity contribution in [3.05, 3.63) is 86.7 Å². The third-order valence-electron chi connectivity index (χ3n) is 4.91. The second-order valence-corrected chi connectivity index (χ2v) is 6.99. The number of nitro groups is 1. The fourth-order valence-electron chi connectivity index (χ4n) is 3.17. The maximum Gasteiger partial charge on any atom is 0.269 e. The van der Waals surface area contributed by atoms with Gasteiger partial charge in [-0.1, -0.05) is 12.1 Å². The molecule has 0 amide bonds. The zero-order chi connectivity index (χ0) is 22.5. The molecule has 0 spiro atoms. The average Bonchev–Trinajstić information content (AvgIpc) is 3.02. The van der Waals surface area contributed by atoms with Crippen LogP contribution in [-0.2, 0) is 13.7 Å². The van der Waals surface area contributed by atoms with Gasteiger partial charge in [0.15, 0.2) is 17.3 Å². The Balaban J connectivity index is 1.71. The minimum Gasteiger partial charge on any atom is -0.493 e. The summed E-state index contributed by atoms with van der Waals surface area (Å²) in [7, 11) is 3.35. The number of rotatable bonds is 8. The topological polar surface area (TPSA) is 96.5 Å². The molecular formula is C23H23N3O5. The van der Waals surface area contributed by atoms with Crippen molar-refractivity contribution in [1.82, 2.24) is 9.78 Å². The highest BCUT2D eigenvalue weighted by Crippen LogP contribution is 2.29. The van der Waals surface area contributed by atoms with E-state index in [9.17, 15) is 14.9 Å². The van der Waals surface area contributed by atoms with Gasteiger partial charge in [-0.3, -0.25) is 19.6 Å². The zero-order valence-electron chi connectivity index (χ0n) is 17.8. The number of ether oxygens (including phenoxy) is 2. The first-order valence-corrected chi connectivity index (χ1v) is 9.57. The molecule has 31 heavy (non-hydrogen) atoms. The van der Waals surface area contributed by atoms with Crippen LogP contribution in [-0.4, -0.2) is 27.6 Å². The van der Waals surface area contributed by atoms with Gasteiger partial charge in [0.25, 0.3) is 5.69 Å². The van der Waals surface area contributed by atoms with Gasteiger partial charge >= 0.3 is 0 Å². The smallest absolute Gasteiger partial charge is 0.269 e. The van der Waals surface area contributed by atoms with Gasteiger partial charge in [0, 0.05) is 24.9 Å². The van der Waals surface area contributed by atoms with E-state index in [0.29, 0.717) is 22.8 Å². The van der Waals surface area contributed by atoms with Crippen LogP contribution in [0.3, 0.4) is 0 Å². The van der Waals surface area contributed by atoms with Crippen molar-refractivity contribution in [2.24, 2.45) is 7.05 Å². The number of non-ortho nitro benzene ring substituents is 1. The summed E-state index contributed by atoms with van der Waals surface area (Å²) in [6, 6.07) is 11.5. The van der Waals surface area contributed by atoms with E-state index in [4.69, 9.17) is 9.47 Å². The van der Waals surface area contributed by atoms with Crippen LogP contribution in [0, 0.1) is 24.0 Å². The molecule has 8 heteroatoms. The number of hydrogen-bond acceptors (Lipinski definition) is 6. The molecule has 0 atom stereocenters. The zero-order valence-corrected chi connectivity index (χ0v) is 17.8. The summed E-state index contributed by atoms with van der Waals surface area (Å²) in [6.45, 7) is 3.91. The highest BCUT2D eigenvalue weighted by Gasteiger charge is 2.15. The molecule has 3 aromatic rings. The molecular weight excluding hydrogens is 398 g/mol. The van der Waals surface area contributed by atoms with E-state index in [-0.39, 0.29) is 18.1 Å². The summed E-state index contributed by atoms with van der Waals surface area (Å²) >= 11 is 0. The summed E-state index contributed by atoms with van der Waals surface area (Å²) in [5.41, 5.74) is 3.73. The van der Waals surface area contributed by atoms with Gasteiger partial charge in [-0.2, -0.15) is 5.10 Å². The SMILES string of the molecule is COc1cc(/C=C/C(=O)c2c(C)nn(C)c2C)ccc1OCc1ccc([N+](=O)[O-])cc1. The van der Waals surface area contributed by atoms with Gasteiger partial charge in [0.1, 0.15) is 6.61 Å². The Morgan fingerprint density at radius 1 is 1.16 bits per heavy atom. The molecule has 3 rings (SSSR count). The van der Waals surface area contributed by atoms with Crippen LogP contribution >= 0.6 is 0 Å². The molecule has 1 aromatic heterocycles. The number of nitrogens with zero attached hydrogens (tertiary/aromatic N) is 3. The second-order valence-electron chi connectivity index (χ2n) is 6.99. The van der Waals surface area contributed by atoms with E-state index < -0.39 is 4.92 Å². The first-order valence-electron chi connectivity index (χ1n) is 9.57. The normalized spacial score (nSPS) is 11.0. The van der Waals surface area contributed by atoms with E-state index >= 15 is 0 Å². The number of aryl methyl sites for hydroxylation is 2. The Labute approximate surface area is 179 Å². The average molecular weight is 421 g/mol. The second kappa shape index (κ2) is 9.25. The Hall–Kier alpha value is -3.94. The summed E-state index contributed by atoms with van der Waals surface area (Å²) in [6.07, 6.45) is 3.24. The van der Waals surface area contributed by atoms with Gasteiger partial charge in [-0.15, -0.1) is 0 Å². The highest BCUT2D eigenvalue weighted by atomic mass is 16.6. The number of carbonyl (C=O) groups excluding carboxylic acids is 1. The van der Waals surface area contributed by atoms with Crippen LogP contribution in [0.1, 0.15) is 32.9 Å². The van der Waals surface area contributed by atoms with Crippen LogP contribution < -0.4 is 9.47 Å². The molecule has 0 unspecified atom stereocenters. The minimum atomic E-state index is -0.443. The predicted octanol–water partition coefficient (Wildman–Crippen LogP) is 4.43. The predicted molar refractivity (Wildman–Crippen MR) is 116 cm³/mol. The van der Waals surface area contributed by atoms with Gasteiger partial charge < -0.3 is 9.47 Å². The van der Waals surface area contributed by atoms with E-state index in [1.54, 1.807) is 35.0 Å². The van der Waals surface area contributed by atoms with E-state index in [2.05, 4.69) is 5.10 Å². The van der Waals surface area contributed by atoms with Crippen LogP contribution in [0.2, 0.25) is 0 Å². The summed E-state index contributed by atoms with van der Waals surface area (Å²) < 4.78 is 12.9. The largest absolute Gasteiger partial charge is 0.493 e. The number of carbonyl (C=O) groups is 1. The molecule has 0 saturated carbocycles. The number of allylic oxidation sites excluding steroid dienone is 1. The Bertz CT molecular complexity index is 1150. The van der Waals surface area contributed by atoms with Crippen molar-refractivity contribution >= 4 is 17.5 Å². The monoisotopic (exact) mass is 421 g/mol. The molecule has 160 valence electrons. The maximum absolute atomic E-state index is 12.6. The van der Waals surface area contributed by atoms with Crippen molar-refractivity contribution in [2.75, 3.05) is 7.11 Å². The molecule has 0 saturated heterocycles. The number of methoxy groups -OCH3 is 1. The molecule has 8 nitrogen and oxygen atoms in total. The van der Waals surface area contributed by atoms with Crippen molar-refractivity contribution in [2.45, 2.75) is 20.5 Å². The van der Waals surface area contributed by atoms with Gasteiger partial charge in [0.05, 0.1) is 23.3 Å². The number of hydrogen-bond donors (Lipinski definition) is 0. The lowest BCUT2D eigenvalue weighted by Gasteiger charge is -2.11. The van der Waals surface area contributed by atoms with Gasteiger partial charge in [-0.25, -0.2) is 0 Å². The Morgan fingerprint density at radius 2 is 1.87 bits per heavy atom. The van der Waals surface area contributed by atoms with Gasteiger partial charge in [0.2, 0.25) is 0 Å². The molecule has 0 N–H and O–H groups in total. The molecule has 0 fully saturated rings. The van der Waals surface area contributed by atoms with Crippen molar-refractivity contribution in [3.63, 3.8) is 0 Å².